The number of hydrogen-bond donors (Lipinski definition) is 0. The summed E-state index contributed by atoms with van der Waals surface area (Å²) in [7, 11) is 2.00. The lowest BCUT2D eigenvalue weighted by Gasteiger charge is -2.07. The van der Waals surface area contributed by atoms with Crippen molar-refractivity contribution >= 4 is 11.8 Å². The summed E-state index contributed by atoms with van der Waals surface area (Å²) in [5.41, 5.74) is 2.18. The van der Waals surface area contributed by atoms with Crippen LogP contribution in [0.3, 0.4) is 0 Å². The molecule has 2 aromatic heterocycles. The van der Waals surface area contributed by atoms with Gasteiger partial charge < -0.3 is 9.30 Å². The van der Waals surface area contributed by atoms with Gasteiger partial charge in [-0.15, -0.1) is 0 Å². The predicted octanol–water partition coefficient (Wildman–Crippen LogP) is 3.69. The van der Waals surface area contributed by atoms with Gasteiger partial charge in [0, 0.05) is 31.4 Å². The Balaban J connectivity index is 1.53. The lowest BCUT2D eigenvalue weighted by atomic mass is 10.2. The SMILES string of the molecule is Cn1ccnc1SCc1ccc(OCc2ccccn2)cc1. The summed E-state index contributed by atoms with van der Waals surface area (Å²) in [5.74, 6) is 1.75. The van der Waals surface area contributed by atoms with E-state index in [1.54, 1.807) is 18.0 Å². The molecule has 3 rings (SSSR count). The molecule has 0 fully saturated rings. The molecule has 1 aromatic carbocycles. The standard InChI is InChI=1S/C17H17N3OS/c1-20-11-10-19-17(20)22-13-14-5-7-16(8-6-14)21-12-15-4-2-3-9-18-15/h2-11H,12-13H2,1H3. The van der Waals surface area contributed by atoms with E-state index in [9.17, 15) is 0 Å². The normalized spacial score (nSPS) is 10.6. The van der Waals surface area contributed by atoms with Gasteiger partial charge in [-0.1, -0.05) is 30.0 Å². The van der Waals surface area contributed by atoms with Crippen LogP contribution in [0.15, 0.2) is 66.2 Å². The van der Waals surface area contributed by atoms with Crippen molar-refractivity contribution in [3.63, 3.8) is 0 Å². The quantitative estimate of drug-likeness (QED) is 0.651. The molecular weight excluding hydrogens is 294 g/mol. The zero-order chi connectivity index (χ0) is 15.2. The van der Waals surface area contributed by atoms with Crippen molar-refractivity contribution < 1.29 is 4.74 Å². The summed E-state index contributed by atoms with van der Waals surface area (Å²) >= 11 is 1.72. The molecule has 0 amide bonds. The van der Waals surface area contributed by atoms with Crippen LogP contribution in [0, 0.1) is 0 Å². The molecular formula is C17H17N3OS. The molecule has 0 atom stereocenters. The molecule has 0 aliphatic carbocycles. The lowest BCUT2D eigenvalue weighted by Crippen LogP contribution is -1.97. The van der Waals surface area contributed by atoms with E-state index in [1.807, 2.05) is 54.3 Å². The van der Waals surface area contributed by atoms with Gasteiger partial charge in [-0.2, -0.15) is 0 Å². The molecule has 0 aliphatic heterocycles. The zero-order valence-electron chi connectivity index (χ0n) is 12.3. The number of nitrogens with zero attached hydrogens (tertiary/aromatic N) is 3. The highest BCUT2D eigenvalue weighted by Gasteiger charge is 2.02. The first-order valence-corrected chi connectivity index (χ1v) is 8.01. The number of imidazole rings is 1. The molecule has 0 spiro atoms. The highest BCUT2D eigenvalue weighted by molar-refractivity contribution is 7.98. The van der Waals surface area contributed by atoms with Crippen LogP contribution in [0.4, 0.5) is 0 Å². The van der Waals surface area contributed by atoms with E-state index in [-0.39, 0.29) is 0 Å². The molecule has 0 saturated carbocycles. The second-order valence-electron chi connectivity index (χ2n) is 4.86. The number of aromatic nitrogens is 3. The summed E-state index contributed by atoms with van der Waals surface area (Å²) in [6.45, 7) is 0.488. The Bertz CT molecular complexity index is 710. The summed E-state index contributed by atoms with van der Waals surface area (Å²) < 4.78 is 7.75. The minimum atomic E-state index is 0.488. The average Bonchev–Trinajstić information content (AvgIpc) is 2.98. The van der Waals surface area contributed by atoms with Gasteiger partial charge >= 0.3 is 0 Å². The third-order valence-electron chi connectivity index (χ3n) is 3.18. The van der Waals surface area contributed by atoms with Crippen molar-refractivity contribution in [3.05, 3.63) is 72.3 Å². The Morgan fingerprint density at radius 2 is 1.91 bits per heavy atom. The molecule has 4 nitrogen and oxygen atoms in total. The van der Waals surface area contributed by atoms with E-state index >= 15 is 0 Å². The Labute approximate surface area is 134 Å². The van der Waals surface area contributed by atoms with Crippen LogP contribution in [0.1, 0.15) is 11.3 Å². The zero-order valence-corrected chi connectivity index (χ0v) is 13.2. The number of pyridine rings is 1. The van der Waals surface area contributed by atoms with Gasteiger partial charge in [0.15, 0.2) is 5.16 Å². The van der Waals surface area contributed by atoms with Crippen LogP contribution in [0.2, 0.25) is 0 Å². The third-order valence-corrected chi connectivity index (χ3v) is 4.31. The first kappa shape index (κ1) is 14.7. The molecule has 22 heavy (non-hydrogen) atoms. The van der Waals surface area contributed by atoms with Gasteiger partial charge in [-0.25, -0.2) is 4.98 Å². The van der Waals surface area contributed by atoms with Gasteiger partial charge in [-0.05, 0) is 29.8 Å². The highest BCUT2D eigenvalue weighted by Crippen LogP contribution is 2.22. The van der Waals surface area contributed by atoms with E-state index in [4.69, 9.17) is 4.74 Å². The summed E-state index contributed by atoms with van der Waals surface area (Å²) in [6.07, 6.45) is 5.55. The van der Waals surface area contributed by atoms with Crippen molar-refractivity contribution in [2.45, 2.75) is 17.5 Å². The Kier molecular flexibility index (Phi) is 4.75. The molecule has 112 valence electrons. The van der Waals surface area contributed by atoms with Crippen LogP contribution in [0.25, 0.3) is 0 Å². The first-order chi connectivity index (χ1) is 10.8. The second kappa shape index (κ2) is 7.13. The van der Waals surface area contributed by atoms with Gasteiger partial charge in [0.2, 0.25) is 0 Å². The Morgan fingerprint density at radius 1 is 1.05 bits per heavy atom. The molecule has 0 saturated heterocycles. The van der Waals surface area contributed by atoms with E-state index in [1.165, 1.54) is 5.56 Å². The van der Waals surface area contributed by atoms with Crippen LogP contribution >= 0.6 is 11.8 Å². The van der Waals surface area contributed by atoms with E-state index in [2.05, 4.69) is 22.1 Å². The lowest BCUT2D eigenvalue weighted by molar-refractivity contribution is 0.301. The van der Waals surface area contributed by atoms with Gasteiger partial charge in [0.25, 0.3) is 0 Å². The largest absolute Gasteiger partial charge is 0.487 e. The van der Waals surface area contributed by atoms with Crippen LogP contribution in [-0.2, 0) is 19.4 Å². The molecule has 0 aliphatic rings. The topological polar surface area (TPSA) is 39.9 Å². The molecule has 5 heteroatoms. The number of hydrogen-bond acceptors (Lipinski definition) is 4. The minimum absolute atomic E-state index is 0.488. The molecule has 3 aromatic rings. The fraction of sp³-hybridized carbons (Fsp3) is 0.176. The van der Waals surface area contributed by atoms with Crippen LogP contribution in [-0.4, -0.2) is 14.5 Å². The number of thioether (sulfide) groups is 1. The molecule has 2 heterocycles. The predicted molar refractivity (Wildman–Crippen MR) is 87.8 cm³/mol. The van der Waals surface area contributed by atoms with Crippen molar-refractivity contribution in [2.75, 3.05) is 0 Å². The fourth-order valence-electron chi connectivity index (χ4n) is 1.96. The monoisotopic (exact) mass is 311 g/mol. The van der Waals surface area contributed by atoms with Crippen LogP contribution in [0.5, 0.6) is 5.75 Å². The molecule has 0 N–H and O–H groups in total. The summed E-state index contributed by atoms with van der Waals surface area (Å²) in [6, 6.07) is 14.0. The van der Waals surface area contributed by atoms with E-state index < -0.39 is 0 Å². The van der Waals surface area contributed by atoms with Gasteiger partial charge in [0.1, 0.15) is 12.4 Å². The van der Waals surface area contributed by atoms with Crippen molar-refractivity contribution in [1.29, 1.82) is 0 Å². The van der Waals surface area contributed by atoms with Crippen LogP contribution < -0.4 is 4.74 Å². The minimum Gasteiger partial charge on any atom is -0.487 e. The van der Waals surface area contributed by atoms with Crippen molar-refractivity contribution in [3.8, 4) is 5.75 Å². The summed E-state index contributed by atoms with van der Waals surface area (Å²) in [4.78, 5) is 8.55. The number of benzene rings is 1. The maximum absolute atomic E-state index is 5.73. The number of aryl methyl sites for hydroxylation is 1. The first-order valence-electron chi connectivity index (χ1n) is 7.03. The Morgan fingerprint density at radius 3 is 2.59 bits per heavy atom. The highest BCUT2D eigenvalue weighted by atomic mass is 32.2. The number of ether oxygens (including phenoxy) is 1. The van der Waals surface area contributed by atoms with E-state index in [0.717, 1.165) is 22.4 Å². The van der Waals surface area contributed by atoms with Crippen molar-refractivity contribution in [1.82, 2.24) is 14.5 Å². The second-order valence-corrected chi connectivity index (χ2v) is 5.81. The third kappa shape index (κ3) is 3.89. The smallest absolute Gasteiger partial charge is 0.167 e. The van der Waals surface area contributed by atoms with Gasteiger partial charge in [-0.3, -0.25) is 4.98 Å². The Hall–Kier alpha value is -2.27. The average molecular weight is 311 g/mol. The molecule has 0 bridgehead atoms. The van der Waals surface area contributed by atoms with Gasteiger partial charge in [0.05, 0.1) is 5.69 Å². The van der Waals surface area contributed by atoms with Crippen molar-refractivity contribution in [2.24, 2.45) is 7.05 Å². The molecule has 0 unspecified atom stereocenters. The maximum atomic E-state index is 5.73. The van der Waals surface area contributed by atoms with E-state index in [0.29, 0.717) is 6.61 Å². The molecule has 0 radical (unpaired) electrons. The number of rotatable bonds is 6. The summed E-state index contributed by atoms with van der Waals surface area (Å²) in [5, 5.41) is 1.02. The maximum Gasteiger partial charge on any atom is 0.167 e. The fourth-order valence-corrected chi connectivity index (χ4v) is 2.85.